The Labute approximate surface area is 157 Å². The molecule has 0 nitrogen and oxygen atoms in total. The van der Waals surface area contributed by atoms with E-state index in [0.29, 0.717) is 5.41 Å². The highest BCUT2D eigenvalue weighted by molar-refractivity contribution is 5.39. The zero-order valence-electron chi connectivity index (χ0n) is 16.0. The smallest absolute Gasteiger partial charge is 0.00419 e. The molecule has 8 unspecified atom stereocenters. The predicted molar refractivity (Wildman–Crippen MR) is 102 cm³/mol. The first-order valence-corrected chi connectivity index (χ1v) is 11.9. The van der Waals surface area contributed by atoms with Crippen molar-refractivity contribution in [3.63, 3.8) is 0 Å². The van der Waals surface area contributed by atoms with Crippen LogP contribution >= 0.6 is 0 Å². The maximum absolute atomic E-state index is 4.59. The van der Waals surface area contributed by atoms with Gasteiger partial charge in [0.2, 0.25) is 0 Å². The maximum atomic E-state index is 4.59. The summed E-state index contributed by atoms with van der Waals surface area (Å²) in [7, 11) is 0. The minimum atomic E-state index is 0.480. The molecule has 0 aliphatic heterocycles. The lowest BCUT2D eigenvalue weighted by atomic mass is 9.12. The van der Waals surface area contributed by atoms with Gasteiger partial charge in [-0.25, -0.2) is 0 Å². The fourth-order valence-electron chi connectivity index (χ4n) is 14.2. The highest BCUT2D eigenvalue weighted by atomic mass is 14.9. The summed E-state index contributed by atoms with van der Waals surface area (Å²) in [5.41, 5.74) is 3.57. The van der Waals surface area contributed by atoms with E-state index < -0.39 is 0 Å². The molecule has 13 rings (SSSR count). The quantitative estimate of drug-likeness (QED) is 0.563. The van der Waals surface area contributed by atoms with Crippen molar-refractivity contribution in [3.8, 4) is 0 Å². The van der Waals surface area contributed by atoms with Crippen LogP contribution in [-0.4, -0.2) is 0 Å². The predicted octanol–water partition coefficient (Wildman–Crippen LogP) is 5.71. The SMILES string of the molecule is C=CC(=C)C12CC3C4CC56CC7CC8C9CC(C1)(C3C85)C(C4C2)C6C9C7. The highest BCUT2D eigenvalue weighted by Crippen LogP contribution is 2.94. The molecule has 0 heteroatoms. The molecule has 0 amide bonds. The van der Waals surface area contributed by atoms with Crippen LogP contribution in [0.4, 0.5) is 0 Å². The normalized spacial score (nSPS) is 76.4. The summed E-state index contributed by atoms with van der Waals surface area (Å²) in [5, 5.41) is 0. The van der Waals surface area contributed by atoms with Gasteiger partial charge in [-0.2, -0.15) is 0 Å². The molecule has 0 N–H and O–H groups in total. The minimum Gasteiger partial charge on any atom is -0.0988 e. The first-order chi connectivity index (χ1) is 12.6. The van der Waals surface area contributed by atoms with Crippen molar-refractivity contribution in [2.75, 3.05) is 0 Å². The van der Waals surface area contributed by atoms with E-state index in [0.717, 1.165) is 52.3 Å². The first kappa shape index (κ1) is 13.6. The summed E-state index contributed by atoms with van der Waals surface area (Å²) in [5.74, 6) is 12.7. The van der Waals surface area contributed by atoms with Gasteiger partial charge in [0.15, 0.2) is 0 Å². The molecular weight excluding hydrogens is 312 g/mol. The fraction of sp³-hybridized carbons (Fsp3) is 0.846. The van der Waals surface area contributed by atoms with E-state index in [4.69, 9.17) is 0 Å². The van der Waals surface area contributed by atoms with E-state index >= 15 is 0 Å². The van der Waals surface area contributed by atoms with Crippen molar-refractivity contribution in [2.24, 2.45) is 81.3 Å². The largest absolute Gasteiger partial charge is 0.0988 e. The van der Waals surface area contributed by atoms with Gasteiger partial charge in [-0.3, -0.25) is 0 Å². The van der Waals surface area contributed by atoms with Crippen molar-refractivity contribution >= 4 is 0 Å². The average molecular weight is 345 g/mol. The van der Waals surface area contributed by atoms with Gasteiger partial charge in [-0.15, -0.1) is 0 Å². The Bertz CT molecular complexity index is 776. The zero-order valence-corrected chi connectivity index (χ0v) is 16.0. The van der Waals surface area contributed by atoms with E-state index in [9.17, 15) is 0 Å². The van der Waals surface area contributed by atoms with E-state index in [1.807, 2.05) is 0 Å². The Morgan fingerprint density at radius 2 is 1.27 bits per heavy atom. The van der Waals surface area contributed by atoms with Crippen molar-refractivity contribution in [1.82, 2.24) is 0 Å². The highest BCUT2D eigenvalue weighted by Gasteiger charge is 2.88. The Kier molecular flexibility index (Phi) is 1.81. The number of allylic oxidation sites excluding steroid dienone is 2. The van der Waals surface area contributed by atoms with E-state index in [1.165, 1.54) is 42.1 Å². The molecule has 2 spiro atoms. The lowest BCUT2D eigenvalue weighted by Gasteiger charge is -2.92. The van der Waals surface area contributed by atoms with Gasteiger partial charge in [0.05, 0.1) is 0 Å². The lowest BCUT2D eigenvalue weighted by Crippen LogP contribution is -2.86. The van der Waals surface area contributed by atoms with Crippen LogP contribution < -0.4 is 0 Å². The molecule has 13 aliphatic carbocycles. The van der Waals surface area contributed by atoms with Crippen molar-refractivity contribution in [2.45, 2.75) is 51.4 Å². The van der Waals surface area contributed by atoms with Crippen LogP contribution in [0.2, 0.25) is 0 Å². The number of hydrogen-bond donors (Lipinski definition) is 0. The first-order valence-electron chi connectivity index (χ1n) is 11.9. The van der Waals surface area contributed by atoms with Gasteiger partial charge < -0.3 is 0 Å². The standard InChI is InChI=1S/C26H32/c1-3-12(2)24-7-18-17-9-25-6-13-4-14-16-10-26(11-24,22(18)20(14)25)23(19(17)8-24)21(25)15(16)5-13/h3,13-23H,1-2,4-11H2. The van der Waals surface area contributed by atoms with Crippen LogP contribution in [0, 0.1) is 81.3 Å². The van der Waals surface area contributed by atoms with Gasteiger partial charge >= 0.3 is 0 Å². The minimum absolute atomic E-state index is 0.480. The van der Waals surface area contributed by atoms with Crippen LogP contribution in [0.3, 0.4) is 0 Å². The topological polar surface area (TPSA) is 0 Å². The third-order valence-electron chi connectivity index (χ3n) is 13.4. The van der Waals surface area contributed by atoms with Gasteiger partial charge in [0, 0.05) is 0 Å². The Hall–Kier alpha value is -0.520. The molecule has 0 radical (unpaired) electrons. The van der Waals surface area contributed by atoms with E-state index in [2.05, 4.69) is 19.2 Å². The van der Waals surface area contributed by atoms with Crippen LogP contribution in [0.1, 0.15) is 51.4 Å². The second-order valence-electron chi connectivity index (χ2n) is 13.1. The molecule has 0 saturated heterocycles. The van der Waals surface area contributed by atoms with E-state index in [1.54, 1.807) is 38.5 Å². The Balaban J connectivity index is 1.34. The average Bonchev–Trinajstić information content (AvgIpc) is 2.65. The van der Waals surface area contributed by atoms with Gasteiger partial charge in [0.1, 0.15) is 0 Å². The second-order valence-corrected chi connectivity index (χ2v) is 13.1. The molecular formula is C26H32. The van der Waals surface area contributed by atoms with Gasteiger partial charge in [-0.1, -0.05) is 19.2 Å². The van der Waals surface area contributed by atoms with E-state index in [-0.39, 0.29) is 0 Å². The van der Waals surface area contributed by atoms with Crippen LogP contribution in [0.15, 0.2) is 24.8 Å². The fourth-order valence-corrected chi connectivity index (χ4v) is 14.2. The molecule has 13 saturated carbocycles. The molecule has 0 aromatic heterocycles. The van der Waals surface area contributed by atoms with Crippen molar-refractivity contribution in [1.29, 1.82) is 0 Å². The summed E-state index contributed by atoms with van der Waals surface area (Å²) >= 11 is 0. The van der Waals surface area contributed by atoms with Crippen LogP contribution in [0.25, 0.3) is 0 Å². The summed E-state index contributed by atoms with van der Waals surface area (Å²) in [6, 6.07) is 0. The third-order valence-corrected chi connectivity index (χ3v) is 13.4. The second kappa shape index (κ2) is 3.46. The van der Waals surface area contributed by atoms with Gasteiger partial charge in [-0.05, 0) is 138 Å². The summed E-state index contributed by atoms with van der Waals surface area (Å²) in [6.07, 6.45) is 15.1. The van der Waals surface area contributed by atoms with Crippen LogP contribution in [0.5, 0.6) is 0 Å². The molecule has 0 aromatic rings. The summed E-state index contributed by atoms with van der Waals surface area (Å²) in [6.45, 7) is 8.77. The molecule has 13 aliphatic rings. The van der Waals surface area contributed by atoms with Crippen molar-refractivity contribution in [3.05, 3.63) is 24.8 Å². The van der Waals surface area contributed by atoms with Crippen molar-refractivity contribution < 1.29 is 0 Å². The maximum Gasteiger partial charge on any atom is -0.00419 e. The van der Waals surface area contributed by atoms with Crippen LogP contribution in [-0.2, 0) is 0 Å². The molecule has 0 aromatic carbocycles. The molecule has 26 heavy (non-hydrogen) atoms. The zero-order chi connectivity index (χ0) is 16.8. The Morgan fingerprint density at radius 1 is 0.692 bits per heavy atom. The number of rotatable bonds is 2. The molecule has 136 valence electrons. The van der Waals surface area contributed by atoms with Gasteiger partial charge in [0.25, 0.3) is 0 Å². The lowest BCUT2D eigenvalue weighted by molar-refractivity contribution is -0.437. The summed E-state index contributed by atoms with van der Waals surface area (Å²) < 4.78 is 0. The summed E-state index contributed by atoms with van der Waals surface area (Å²) in [4.78, 5) is 0. The third kappa shape index (κ3) is 0.972. The Morgan fingerprint density at radius 3 is 1.92 bits per heavy atom. The molecule has 13 fully saturated rings. The monoisotopic (exact) mass is 344 g/mol. The number of hydrogen-bond acceptors (Lipinski definition) is 0. The molecule has 8 atom stereocenters. The molecule has 14 bridgehead atoms. The molecule has 0 heterocycles.